The first-order chi connectivity index (χ1) is 14.3. The quantitative estimate of drug-likeness (QED) is 0.633. The van der Waals surface area contributed by atoms with Gasteiger partial charge < -0.3 is 9.88 Å². The summed E-state index contributed by atoms with van der Waals surface area (Å²) in [7, 11) is -1.71. The Hall–Kier alpha value is -3.11. The minimum absolute atomic E-state index is 0.164. The molecule has 0 bridgehead atoms. The Bertz CT molecular complexity index is 1230. The summed E-state index contributed by atoms with van der Waals surface area (Å²) in [6.07, 6.45) is 3.62. The van der Waals surface area contributed by atoms with Crippen molar-refractivity contribution in [2.45, 2.75) is 27.9 Å². The molecule has 4 rings (SSSR count). The SMILES string of the molecule is C[C@H](N=C1NS(=O)(=O)c2ccccc21)C(=O)Nc1ccc(Sc2nccn2C)cc1. The molecule has 10 heteroatoms. The van der Waals surface area contributed by atoms with Crippen molar-refractivity contribution < 1.29 is 13.2 Å². The number of carbonyl (C=O) groups excluding carboxylic acids is 1. The summed E-state index contributed by atoms with van der Waals surface area (Å²) in [4.78, 5) is 22.3. The average molecular weight is 442 g/mol. The highest BCUT2D eigenvalue weighted by atomic mass is 32.2. The molecule has 0 saturated heterocycles. The molecule has 1 amide bonds. The minimum atomic E-state index is -3.64. The highest BCUT2D eigenvalue weighted by molar-refractivity contribution is 7.99. The summed E-state index contributed by atoms with van der Waals surface area (Å²) in [6, 6.07) is 13.2. The zero-order valence-corrected chi connectivity index (χ0v) is 17.9. The number of anilines is 1. The second-order valence-corrected chi connectivity index (χ2v) is 9.38. The molecule has 0 unspecified atom stereocenters. The zero-order valence-electron chi connectivity index (χ0n) is 16.2. The summed E-state index contributed by atoms with van der Waals surface area (Å²) < 4.78 is 28.7. The zero-order chi connectivity index (χ0) is 21.3. The van der Waals surface area contributed by atoms with Crippen LogP contribution in [0.15, 0.2) is 80.9 Å². The average Bonchev–Trinajstić information content (AvgIpc) is 3.24. The van der Waals surface area contributed by atoms with Gasteiger partial charge in [0.15, 0.2) is 5.16 Å². The van der Waals surface area contributed by atoms with Gasteiger partial charge in [-0.2, -0.15) is 0 Å². The second-order valence-electron chi connectivity index (χ2n) is 6.69. The molecule has 0 fully saturated rings. The highest BCUT2D eigenvalue weighted by Crippen LogP contribution is 2.27. The third-order valence-electron chi connectivity index (χ3n) is 4.47. The molecule has 2 heterocycles. The predicted molar refractivity (Wildman–Crippen MR) is 115 cm³/mol. The number of hydrogen-bond donors (Lipinski definition) is 2. The van der Waals surface area contributed by atoms with Crippen LogP contribution in [0, 0.1) is 0 Å². The van der Waals surface area contributed by atoms with Crippen LogP contribution in [-0.4, -0.2) is 35.8 Å². The fourth-order valence-electron chi connectivity index (χ4n) is 2.89. The smallest absolute Gasteiger partial charge is 0.263 e. The van der Waals surface area contributed by atoms with Gasteiger partial charge in [-0.1, -0.05) is 23.9 Å². The fraction of sp³-hybridized carbons (Fsp3) is 0.150. The second kappa shape index (κ2) is 7.96. The molecule has 8 nitrogen and oxygen atoms in total. The number of nitrogens with one attached hydrogen (secondary N) is 2. The van der Waals surface area contributed by atoms with Crippen LogP contribution in [0.5, 0.6) is 0 Å². The van der Waals surface area contributed by atoms with Crippen LogP contribution in [0.1, 0.15) is 12.5 Å². The number of carbonyl (C=O) groups is 1. The van der Waals surface area contributed by atoms with Crippen LogP contribution in [0.4, 0.5) is 5.69 Å². The van der Waals surface area contributed by atoms with E-state index in [0.717, 1.165) is 10.1 Å². The molecule has 3 aromatic rings. The number of aromatic nitrogens is 2. The largest absolute Gasteiger partial charge is 0.329 e. The Morgan fingerprint density at radius 2 is 1.93 bits per heavy atom. The fourth-order valence-corrected chi connectivity index (χ4v) is 4.93. The molecule has 154 valence electrons. The van der Waals surface area contributed by atoms with Crippen LogP contribution in [0.2, 0.25) is 0 Å². The van der Waals surface area contributed by atoms with Gasteiger partial charge in [-0.25, -0.2) is 13.4 Å². The first-order valence-electron chi connectivity index (χ1n) is 9.09. The van der Waals surface area contributed by atoms with E-state index in [1.54, 1.807) is 43.5 Å². The molecule has 0 saturated carbocycles. The molecule has 30 heavy (non-hydrogen) atoms. The first-order valence-corrected chi connectivity index (χ1v) is 11.4. The molecule has 1 aromatic heterocycles. The van der Waals surface area contributed by atoms with Crippen LogP contribution < -0.4 is 10.0 Å². The van der Waals surface area contributed by atoms with E-state index in [0.29, 0.717) is 11.3 Å². The lowest BCUT2D eigenvalue weighted by Gasteiger charge is -2.10. The van der Waals surface area contributed by atoms with Crippen molar-refractivity contribution >= 4 is 39.2 Å². The lowest BCUT2D eigenvalue weighted by molar-refractivity contribution is -0.117. The number of aliphatic imine (C=N–C) groups is 1. The number of amides is 1. The lowest BCUT2D eigenvalue weighted by atomic mass is 10.2. The molecule has 1 atom stereocenters. The molecule has 0 radical (unpaired) electrons. The summed E-state index contributed by atoms with van der Waals surface area (Å²) in [5.74, 6) is -0.161. The van der Waals surface area contributed by atoms with Crippen LogP contribution in [-0.2, 0) is 21.9 Å². The molecular formula is C20H19N5O3S2. The Labute approximate surface area is 178 Å². The van der Waals surface area contributed by atoms with Gasteiger partial charge in [0.2, 0.25) is 5.91 Å². The minimum Gasteiger partial charge on any atom is -0.329 e. The number of rotatable bonds is 5. The Balaban J connectivity index is 1.44. The van der Waals surface area contributed by atoms with E-state index in [1.165, 1.54) is 17.8 Å². The van der Waals surface area contributed by atoms with Gasteiger partial charge >= 0.3 is 0 Å². The predicted octanol–water partition coefficient (Wildman–Crippen LogP) is 2.64. The monoisotopic (exact) mass is 441 g/mol. The molecule has 0 spiro atoms. The Morgan fingerprint density at radius 1 is 1.20 bits per heavy atom. The van der Waals surface area contributed by atoms with Crippen LogP contribution in [0.25, 0.3) is 0 Å². The van der Waals surface area contributed by atoms with Gasteiger partial charge in [-0.15, -0.1) is 0 Å². The normalized spacial score (nSPS) is 16.7. The van der Waals surface area contributed by atoms with E-state index in [4.69, 9.17) is 0 Å². The van der Waals surface area contributed by atoms with E-state index >= 15 is 0 Å². The lowest BCUT2D eigenvalue weighted by Crippen LogP contribution is -2.28. The molecule has 0 aliphatic carbocycles. The Morgan fingerprint density at radius 3 is 2.63 bits per heavy atom. The number of amidine groups is 1. The van der Waals surface area contributed by atoms with Crippen molar-refractivity contribution in [2.75, 3.05) is 5.32 Å². The summed E-state index contributed by atoms with van der Waals surface area (Å²) >= 11 is 1.52. The standard InChI is InChI=1S/C20H19N5O3S2/c1-13(22-18-16-5-3-4-6-17(16)30(27,28)24-18)19(26)23-14-7-9-15(10-8-14)29-20-21-11-12-25(20)2/h3-13H,1-2H3,(H,22,24)(H,23,26)/t13-/m0/s1. The van der Waals surface area contributed by atoms with Crippen molar-refractivity contribution in [1.82, 2.24) is 14.3 Å². The van der Waals surface area contributed by atoms with Gasteiger partial charge in [0.1, 0.15) is 11.9 Å². The first kappa shape index (κ1) is 20.2. The topological polar surface area (TPSA) is 105 Å². The molecule has 2 N–H and O–H groups in total. The van der Waals surface area contributed by atoms with E-state index in [1.807, 2.05) is 29.9 Å². The van der Waals surface area contributed by atoms with Crippen LogP contribution in [0.3, 0.4) is 0 Å². The van der Waals surface area contributed by atoms with Gasteiger partial charge in [0.25, 0.3) is 10.0 Å². The maximum Gasteiger partial charge on any atom is 0.263 e. The van der Waals surface area contributed by atoms with Crippen molar-refractivity contribution in [3.8, 4) is 0 Å². The molecule has 2 aromatic carbocycles. The van der Waals surface area contributed by atoms with Crippen LogP contribution >= 0.6 is 11.8 Å². The van der Waals surface area contributed by atoms with Crippen molar-refractivity contribution in [1.29, 1.82) is 0 Å². The van der Waals surface area contributed by atoms with E-state index in [-0.39, 0.29) is 16.6 Å². The van der Waals surface area contributed by atoms with E-state index < -0.39 is 16.1 Å². The van der Waals surface area contributed by atoms with E-state index in [2.05, 4.69) is 20.0 Å². The number of fused-ring (bicyclic) bond motifs is 1. The number of sulfonamides is 1. The summed E-state index contributed by atoms with van der Waals surface area (Å²) in [6.45, 7) is 1.61. The molecule has 1 aliphatic heterocycles. The summed E-state index contributed by atoms with van der Waals surface area (Å²) in [5, 5.41) is 3.68. The molecular weight excluding hydrogens is 422 g/mol. The third kappa shape index (κ3) is 4.10. The summed E-state index contributed by atoms with van der Waals surface area (Å²) in [5.41, 5.74) is 1.09. The van der Waals surface area contributed by atoms with E-state index in [9.17, 15) is 13.2 Å². The van der Waals surface area contributed by atoms with Gasteiger partial charge in [-0.05, 0) is 43.3 Å². The number of imidazole rings is 1. The van der Waals surface area contributed by atoms with Crippen molar-refractivity contribution in [3.05, 3.63) is 66.5 Å². The maximum atomic E-state index is 12.5. The highest BCUT2D eigenvalue weighted by Gasteiger charge is 2.31. The van der Waals surface area contributed by atoms with Gasteiger partial charge in [0.05, 0.1) is 4.90 Å². The molecule has 1 aliphatic rings. The van der Waals surface area contributed by atoms with Gasteiger partial charge in [0, 0.05) is 35.6 Å². The number of hydrogen-bond acceptors (Lipinski definition) is 6. The van der Waals surface area contributed by atoms with Gasteiger partial charge in [-0.3, -0.25) is 14.5 Å². The van der Waals surface area contributed by atoms with Crippen molar-refractivity contribution in [2.24, 2.45) is 12.0 Å². The Kier molecular flexibility index (Phi) is 5.35. The third-order valence-corrected chi connectivity index (χ3v) is 6.95. The number of aryl methyl sites for hydroxylation is 1. The number of nitrogens with zero attached hydrogens (tertiary/aromatic N) is 3. The van der Waals surface area contributed by atoms with Crippen molar-refractivity contribution in [3.63, 3.8) is 0 Å². The maximum absolute atomic E-state index is 12.5. The number of benzene rings is 2.